The smallest absolute Gasteiger partial charge is 0.228 e. The Kier molecular flexibility index (Phi) is 2.57. The van der Waals surface area contributed by atoms with Gasteiger partial charge in [0.15, 0.2) is 0 Å². The average molecular weight is 252 g/mol. The van der Waals surface area contributed by atoms with Gasteiger partial charge in [-0.15, -0.1) is 0 Å². The number of hydrogen-bond acceptors (Lipinski definition) is 3. The maximum Gasteiger partial charge on any atom is 0.228 e. The van der Waals surface area contributed by atoms with Crippen LogP contribution in [-0.2, 0) is 18.3 Å². The summed E-state index contributed by atoms with van der Waals surface area (Å²) in [7, 11) is 1.87. The molecular formula is C14H12N4O. The Bertz CT molecular complexity index is 696. The normalized spacial score (nSPS) is 14.6. The molecule has 0 aliphatic carbocycles. The fourth-order valence-corrected chi connectivity index (χ4v) is 2.37. The highest BCUT2D eigenvalue weighted by molar-refractivity contribution is 5.99. The van der Waals surface area contributed by atoms with E-state index in [0.29, 0.717) is 12.2 Å². The number of hydrogen-bond donors (Lipinski definition) is 1. The van der Waals surface area contributed by atoms with Gasteiger partial charge in [0.1, 0.15) is 11.7 Å². The van der Waals surface area contributed by atoms with Crippen LogP contribution in [0.5, 0.6) is 0 Å². The first kappa shape index (κ1) is 11.5. The first-order valence-electron chi connectivity index (χ1n) is 5.98. The van der Waals surface area contributed by atoms with Gasteiger partial charge < -0.3 is 9.88 Å². The van der Waals surface area contributed by atoms with E-state index in [2.05, 4.69) is 16.4 Å². The number of aromatic nitrogens is 2. The molecule has 0 saturated carbocycles. The number of benzene rings is 1. The molecule has 1 aliphatic rings. The summed E-state index contributed by atoms with van der Waals surface area (Å²) in [4.78, 5) is 15.6. The Morgan fingerprint density at radius 2 is 2.37 bits per heavy atom. The molecule has 5 heteroatoms. The summed E-state index contributed by atoms with van der Waals surface area (Å²) in [6, 6.07) is 7.91. The van der Waals surface area contributed by atoms with Crippen LogP contribution in [0.15, 0.2) is 30.6 Å². The summed E-state index contributed by atoms with van der Waals surface area (Å²) < 4.78 is 1.84. The van der Waals surface area contributed by atoms with Crippen LogP contribution in [-0.4, -0.2) is 15.5 Å². The number of carbonyl (C=O) groups is 1. The first-order valence-corrected chi connectivity index (χ1v) is 5.98. The topological polar surface area (TPSA) is 70.7 Å². The van der Waals surface area contributed by atoms with Gasteiger partial charge in [-0.05, 0) is 17.2 Å². The molecule has 0 saturated heterocycles. The predicted octanol–water partition coefficient (Wildman–Crippen LogP) is 1.57. The minimum atomic E-state index is -0.416. The van der Waals surface area contributed by atoms with E-state index in [1.165, 1.54) is 0 Å². The van der Waals surface area contributed by atoms with Crippen molar-refractivity contribution in [2.45, 2.75) is 12.3 Å². The second-order valence-electron chi connectivity index (χ2n) is 4.60. The average Bonchev–Trinajstić information content (AvgIpc) is 2.95. The second kappa shape index (κ2) is 4.25. The predicted molar refractivity (Wildman–Crippen MR) is 69.4 cm³/mol. The van der Waals surface area contributed by atoms with Crippen LogP contribution in [0.1, 0.15) is 22.9 Å². The number of nitriles is 1. The van der Waals surface area contributed by atoms with E-state index in [1.54, 1.807) is 6.20 Å². The van der Waals surface area contributed by atoms with Gasteiger partial charge in [0.25, 0.3) is 0 Å². The molecule has 5 nitrogen and oxygen atoms in total. The van der Waals surface area contributed by atoms with E-state index in [9.17, 15) is 10.1 Å². The first-order chi connectivity index (χ1) is 9.19. The second-order valence-corrected chi connectivity index (χ2v) is 4.60. The third-order valence-electron chi connectivity index (χ3n) is 3.33. The zero-order valence-electron chi connectivity index (χ0n) is 10.4. The van der Waals surface area contributed by atoms with Gasteiger partial charge in [0.05, 0.1) is 12.5 Å². The zero-order chi connectivity index (χ0) is 13.4. The Morgan fingerprint density at radius 1 is 1.53 bits per heavy atom. The Morgan fingerprint density at radius 3 is 3.05 bits per heavy atom. The van der Waals surface area contributed by atoms with E-state index < -0.39 is 5.92 Å². The summed E-state index contributed by atoms with van der Waals surface area (Å²) in [5.41, 5.74) is 2.65. The highest BCUT2D eigenvalue weighted by atomic mass is 16.1. The molecule has 1 aliphatic heterocycles. The summed E-state index contributed by atoms with van der Waals surface area (Å²) in [6.07, 6.45) is 3.87. The lowest BCUT2D eigenvalue weighted by Gasteiger charge is -2.10. The third-order valence-corrected chi connectivity index (χ3v) is 3.33. The van der Waals surface area contributed by atoms with Crippen LogP contribution in [0, 0.1) is 11.3 Å². The number of aryl methyl sites for hydroxylation is 1. The van der Waals surface area contributed by atoms with Crippen molar-refractivity contribution in [1.29, 1.82) is 5.26 Å². The molecule has 19 heavy (non-hydrogen) atoms. The molecular weight excluding hydrogens is 240 g/mol. The van der Waals surface area contributed by atoms with Crippen LogP contribution in [0.4, 0.5) is 5.69 Å². The molecule has 0 bridgehead atoms. The molecule has 0 radical (unpaired) electrons. The van der Waals surface area contributed by atoms with Gasteiger partial charge in [0.2, 0.25) is 5.91 Å². The fraction of sp³-hybridized carbons (Fsp3) is 0.214. The number of fused-ring (bicyclic) bond motifs is 1. The zero-order valence-corrected chi connectivity index (χ0v) is 10.4. The van der Waals surface area contributed by atoms with Crippen molar-refractivity contribution in [3.05, 3.63) is 47.5 Å². The molecule has 1 aromatic carbocycles. The number of nitrogens with zero attached hydrogens (tertiary/aromatic N) is 3. The largest absolute Gasteiger partial charge is 0.337 e. The lowest BCUT2D eigenvalue weighted by atomic mass is 9.97. The van der Waals surface area contributed by atoms with Crippen molar-refractivity contribution in [2.24, 2.45) is 7.05 Å². The van der Waals surface area contributed by atoms with Gasteiger partial charge in [-0.25, -0.2) is 4.98 Å². The van der Waals surface area contributed by atoms with Crippen LogP contribution in [0.2, 0.25) is 0 Å². The summed E-state index contributed by atoms with van der Waals surface area (Å²) in [5, 5.41) is 12.2. The quantitative estimate of drug-likeness (QED) is 0.881. The molecule has 1 N–H and O–H groups in total. The van der Waals surface area contributed by atoms with E-state index >= 15 is 0 Å². The SMILES string of the molecule is Cn1ccnc1C(C#N)c1ccc2c(c1)CC(=O)N2. The summed E-state index contributed by atoms with van der Waals surface area (Å²) >= 11 is 0. The van der Waals surface area contributed by atoms with Crippen LogP contribution in [0.25, 0.3) is 0 Å². The number of nitrogens with one attached hydrogen (secondary N) is 1. The standard InChI is InChI=1S/C14H12N4O/c1-18-5-4-16-14(18)11(8-15)9-2-3-12-10(6-9)7-13(19)17-12/h2-6,11H,7H2,1H3,(H,17,19). The minimum absolute atomic E-state index is 0.00218. The van der Waals surface area contributed by atoms with Crippen LogP contribution in [0.3, 0.4) is 0 Å². The molecule has 2 aromatic rings. The van der Waals surface area contributed by atoms with Gasteiger partial charge in [-0.1, -0.05) is 12.1 Å². The van der Waals surface area contributed by atoms with Gasteiger partial charge in [-0.3, -0.25) is 4.79 Å². The van der Waals surface area contributed by atoms with Gasteiger partial charge in [-0.2, -0.15) is 5.26 Å². The molecule has 0 spiro atoms. The molecule has 2 heterocycles. The van der Waals surface area contributed by atoms with Gasteiger partial charge in [0, 0.05) is 25.1 Å². The van der Waals surface area contributed by atoms with Crippen molar-refractivity contribution in [3.8, 4) is 6.07 Å². The summed E-state index contributed by atoms with van der Waals surface area (Å²) in [5.74, 6) is 0.290. The van der Waals surface area contributed by atoms with Crippen molar-refractivity contribution in [1.82, 2.24) is 9.55 Å². The van der Waals surface area contributed by atoms with E-state index in [0.717, 1.165) is 16.8 Å². The molecule has 1 unspecified atom stereocenters. The summed E-state index contributed by atoms with van der Waals surface area (Å²) in [6.45, 7) is 0. The number of anilines is 1. The molecule has 0 fully saturated rings. The Balaban J connectivity index is 2.03. The number of rotatable bonds is 2. The van der Waals surface area contributed by atoms with Crippen molar-refractivity contribution in [3.63, 3.8) is 0 Å². The maximum absolute atomic E-state index is 11.3. The molecule has 3 rings (SSSR count). The minimum Gasteiger partial charge on any atom is -0.337 e. The van der Waals surface area contributed by atoms with E-state index in [4.69, 9.17) is 0 Å². The van der Waals surface area contributed by atoms with E-state index in [1.807, 2.05) is 36.0 Å². The molecule has 94 valence electrons. The number of carbonyl (C=O) groups excluding carboxylic acids is 1. The Hall–Kier alpha value is -2.61. The highest BCUT2D eigenvalue weighted by Gasteiger charge is 2.22. The molecule has 1 atom stereocenters. The van der Waals surface area contributed by atoms with Gasteiger partial charge >= 0.3 is 0 Å². The lowest BCUT2D eigenvalue weighted by Crippen LogP contribution is -2.06. The monoisotopic (exact) mass is 252 g/mol. The van der Waals surface area contributed by atoms with Crippen molar-refractivity contribution in [2.75, 3.05) is 5.32 Å². The van der Waals surface area contributed by atoms with Crippen molar-refractivity contribution < 1.29 is 4.79 Å². The van der Waals surface area contributed by atoms with Crippen molar-refractivity contribution >= 4 is 11.6 Å². The lowest BCUT2D eigenvalue weighted by molar-refractivity contribution is -0.115. The highest BCUT2D eigenvalue weighted by Crippen LogP contribution is 2.29. The number of imidazole rings is 1. The van der Waals surface area contributed by atoms with Crippen LogP contribution < -0.4 is 5.32 Å². The fourth-order valence-electron chi connectivity index (χ4n) is 2.37. The maximum atomic E-state index is 11.3. The Labute approximate surface area is 110 Å². The molecule has 1 amide bonds. The van der Waals surface area contributed by atoms with E-state index in [-0.39, 0.29) is 5.91 Å². The molecule has 1 aromatic heterocycles. The number of amides is 1. The van der Waals surface area contributed by atoms with Crippen LogP contribution >= 0.6 is 0 Å². The third kappa shape index (κ3) is 1.87.